The van der Waals surface area contributed by atoms with Crippen LogP contribution in [0.4, 0.5) is 10.5 Å². The summed E-state index contributed by atoms with van der Waals surface area (Å²) in [7, 11) is 0. The standard InChI is InChI=1S/C9H11N3O5/c13-7(2-1-3-8(14)15)12-9(16)11-6-4-10-17-5-6/h4-5H,1-3H2,(H,14,15)(H2,11,12,13,16). The van der Waals surface area contributed by atoms with Crippen LogP contribution < -0.4 is 10.6 Å². The number of aliphatic carboxylic acids is 1. The van der Waals surface area contributed by atoms with E-state index in [1.54, 1.807) is 0 Å². The maximum absolute atomic E-state index is 11.2. The number of carboxylic acid groups (broad SMARTS) is 1. The molecule has 8 nitrogen and oxygen atoms in total. The Morgan fingerprint density at radius 2 is 2.12 bits per heavy atom. The average molecular weight is 241 g/mol. The highest BCUT2D eigenvalue weighted by Gasteiger charge is 2.09. The maximum Gasteiger partial charge on any atom is 0.326 e. The molecule has 92 valence electrons. The molecule has 1 aromatic rings. The van der Waals surface area contributed by atoms with E-state index in [2.05, 4.69) is 15.0 Å². The number of urea groups is 1. The van der Waals surface area contributed by atoms with E-state index < -0.39 is 17.9 Å². The van der Waals surface area contributed by atoms with Gasteiger partial charge in [0.25, 0.3) is 0 Å². The van der Waals surface area contributed by atoms with Crippen molar-refractivity contribution in [1.29, 1.82) is 0 Å². The topological polar surface area (TPSA) is 122 Å². The summed E-state index contributed by atoms with van der Waals surface area (Å²) in [4.78, 5) is 32.5. The second-order valence-electron chi connectivity index (χ2n) is 3.16. The molecule has 0 aliphatic rings. The molecule has 0 saturated heterocycles. The molecule has 17 heavy (non-hydrogen) atoms. The van der Waals surface area contributed by atoms with Crippen LogP contribution in [-0.4, -0.2) is 28.2 Å². The highest BCUT2D eigenvalue weighted by molar-refractivity contribution is 6.00. The van der Waals surface area contributed by atoms with Gasteiger partial charge in [-0.1, -0.05) is 5.16 Å². The van der Waals surface area contributed by atoms with Gasteiger partial charge in [-0.3, -0.25) is 14.9 Å². The summed E-state index contributed by atoms with van der Waals surface area (Å²) < 4.78 is 4.47. The number of rotatable bonds is 5. The number of amides is 3. The van der Waals surface area contributed by atoms with Crippen molar-refractivity contribution in [3.63, 3.8) is 0 Å². The molecule has 3 amide bonds. The minimum atomic E-state index is -0.980. The fourth-order valence-corrected chi connectivity index (χ4v) is 1.02. The van der Waals surface area contributed by atoms with Gasteiger partial charge < -0.3 is 14.9 Å². The first-order valence-electron chi connectivity index (χ1n) is 4.80. The highest BCUT2D eigenvalue weighted by Crippen LogP contribution is 2.02. The van der Waals surface area contributed by atoms with E-state index in [4.69, 9.17) is 5.11 Å². The smallest absolute Gasteiger partial charge is 0.326 e. The Labute approximate surface area is 96.0 Å². The number of imide groups is 1. The molecule has 0 unspecified atom stereocenters. The summed E-state index contributed by atoms with van der Waals surface area (Å²) in [5.41, 5.74) is 0.320. The summed E-state index contributed by atoms with van der Waals surface area (Å²) in [6, 6.07) is -0.714. The van der Waals surface area contributed by atoms with Crippen molar-refractivity contribution in [2.24, 2.45) is 0 Å². The summed E-state index contributed by atoms with van der Waals surface area (Å²) in [5, 5.41) is 16.1. The van der Waals surface area contributed by atoms with Crippen LogP contribution in [-0.2, 0) is 9.59 Å². The molecule has 0 aliphatic carbocycles. The number of hydrogen-bond acceptors (Lipinski definition) is 5. The van der Waals surface area contributed by atoms with Gasteiger partial charge in [-0.15, -0.1) is 0 Å². The predicted octanol–water partition coefficient (Wildman–Crippen LogP) is 0.578. The number of aromatic nitrogens is 1. The van der Waals surface area contributed by atoms with Crippen LogP contribution in [0.3, 0.4) is 0 Å². The number of anilines is 1. The number of hydrogen-bond donors (Lipinski definition) is 3. The van der Waals surface area contributed by atoms with Crippen molar-refractivity contribution in [3.05, 3.63) is 12.5 Å². The lowest BCUT2D eigenvalue weighted by molar-refractivity contribution is -0.137. The van der Waals surface area contributed by atoms with Gasteiger partial charge >= 0.3 is 12.0 Å². The molecule has 0 bridgehead atoms. The first-order valence-corrected chi connectivity index (χ1v) is 4.80. The first kappa shape index (κ1) is 12.7. The molecule has 0 aromatic carbocycles. The number of nitrogens with zero attached hydrogens (tertiary/aromatic N) is 1. The molecule has 1 heterocycles. The minimum absolute atomic E-state index is 0.0244. The van der Waals surface area contributed by atoms with Gasteiger partial charge in [0, 0.05) is 12.8 Å². The average Bonchev–Trinajstić information content (AvgIpc) is 2.69. The lowest BCUT2D eigenvalue weighted by atomic mass is 10.2. The van der Waals surface area contributed by atoms with Crippen molar-refractivity contribution >= 4 is 23.6 Å². The van der Waals surface area contributed by atoms with E-state index in [1.807, 2.05) is 5.32 Å². The van der Waals surface area contributed by atoms with E-state index >= 15 is 0 Å². The normalized spacial score (nSPS) is 9.65. The Bertz CT molecular complexity index is 401. The van der Waals surface area contributed by atoms with Crippen LogP contribution >= 0.6 is 0 Å². The SMILES string of the molecule is O=C(O)CCCC(=O)NC(=O)Nc1cnoc1. The Hall–Kier alpha value is -2.38. The van der Waals surface area contributed by atoms with Crippen molar-refractivity contribution in [3.8, 4) is 0 Å². The molecule has 0 radical (unpaired) electrons. The van der Waals surface area contributed by atoms with Gasteiger partial charge in [0.2, 0.25) is 5.91 Å². The van der Waals surface area contributed by atoms with Crippen molar-refractivity contribution in [1.82, 2.24) is 10.5 Å². The fourth-order valence-electron chi connectivity index (χ4n) is 1.02. The maximum atomic E-state index is 11.2. The Kier molecular flexibility index (Phi) is 4.67. The van der Waals surface area contributed by atoms with Gasteiger partial charge in [0.05, 0.1) is 6.20 Å². The summed E-state index contributed by atoms with van der Waals surface area (Å²) in [6.07, 6.45) is 2.52. The molecule has 0 saturated carbocycles. The van der Waals surface area contributed by atoms with Crippen LogP contribution in [0.5, 0.6) is 0 Å². The number of carboxylic acids is 1. The van der Waals surface area contributed by atoms with Gasteiger partial charge in [0.15, 0.2) is 0 Å². The summed E-state index contributed by atoms with van der Waals surface area (Å²) >= 11 is 0. The summed E-state index contributed by atoms with van der Waals surface area (Å²) in [5.74, 6) is -1.52. The van der Waals surface area contributed by atoms with Crippen LogP contribution in [0.25, 0.3) is 0 Å². The zero-order valence-corrected chi connectivity index (χ0v) is 8.80. The third-order valence-corrected chi connectivity index (χ3v) is 1.74. The van der Waals surface area contributed by atoms with E-state index in [1.165, 1.54) is 12.5 Å². The minimum Gasteiger partial charge on any atom is -0.481 e. The molecule has 0 fully saturated rings. The quantitative estimate of drug-likeness (QED) is 0.693. The molecular weight excluding hydrogens is 230 g/mol. The van der Waals surface area contributed by atoms with E-state index in [-0.39, 0.29) is 19.3 Å². The lowest BCUT2D eigenvalue weighted by Gasteiger charge is -2.03. The summed E-state index contributed by atoms with van der Waals surface area (Å²) in [6.45, 7) is 0. The van der Waals surface area contributed by atoms with Crippen molar-refractivity contribution in [2.45, 2.75) is 19.3 Å². The molecule has 8 heteroatoms. The zero-order chi connectivity index (χ0) is 12.7. The van der Waals surface area contributed by atoms with Gasteiger partial charge in [-0.2, -0.15) is 0 Å². The van der Waals surface area contributed by atoms with Crippen LogP contribution in [0.1, 0.15) is 19.3 Å². The van der Waals surface area contributed by atoms with Gasteiger partial charge in [-0.25, -0.2) is 4.79 Å². The second kappa shape index (κ2) is 6.26. The molecular formula is C9H11N3O5. The zero-order valence-electron chi connectivity index (χ0n) is 8.80. The monoisotopic (exact) mass is 241 g/mol. The van der Waals surface area contributed by atoms with Crippen LogP contribution in [0.15, 0.2) is 17.0 Å². The Morgan fingerprint density at radius 3 is 2.71 bits per heavy atom. The first-order chi connectivity index (χ1) is 8.08. The fraction of sp³-hybridized carbons (Fsp3) is 0.333. The molecule has 0 spiro atoms. The molecule has 0 atom stereocenters. The molecule has 1 rings (SSSR count). The van der Waals surface area contributed by atoms with Gasteiger partial charge in [-0.05, 0) is 6.42 Å². The van der Waals surface area contributed by atoms with Crippen molar-refractivity contribution in [2.75, 3.05) is 5.32 Å². The lowest BCUT2D eigenvalue weighted by Crippen LogP contribution is -2.34. The molecule has 3 N–H and O–H groups in total. The molecule has 1 aromatic heterocycles. The van der Waals surface area contributed by atoms with Crippen LogP contribution in [0.2, 0.25) is 0 Å². The van der Waals surface area contributed by atoms with E-state index in [0.29, 0.717) is 5.69 Å². The van der Waals surface area contributed by atoms with Gasteiger partial charge in [0.1, 0.15) is 12.0 Å². The third kappa shape index (κ3) is 5.30. The predicted molar refractivity (Wildman–Crippen MR) is 55.2 cm³/mol. The van der Waals surface area contributed by atoms with Crippen molar-refractivity contribution < 1.29 is 24.0 Å². The number of carbonyl (C=O) groups is 3. The van der Waals surface area contributed by atoms with Crippen LogP contribution in [0, 0.1) is 0 Å². The highest BCUT2D eigenvalue weighted by atomic mass is 16.5. The Balaban J connectivity index is 2.22. The largest absolute Gasteiger partial charge is 0.481 e. The second-order valence-corrected chi connectivity index (χ2v) is 3.16. The molecule has 0 aliphatic heterocycles. The van der Waals surface area contributed by atoms with E-state index in [0.717, 1.165) is 0 Å². The number of nitrogens with one attached hydrogen (secondary N) is 2. The third-order valence-electron chi connectivity index (χ3n) is 1.74. The number of carbonyl (C=O) groups excluding carboxylic acids is 2. The Morgan fingerprint density at radius 1 is 1.35 bits per heavy atom. The van der Waals surface area contributed by atoms with E-state index in [9.17, 15) is 14.4 Å².